The first-order valence-electron chi connectivity index (χ1n) is 23.7. The molecule has 0 spiro atoms. The third-order valence-corrected chi connectivity index (χ3v) is 15.2. The van der Waals surface area contributed by atoms with Crippen molar-refractivity contribution in [2.45, 2.75) is 82.7 Å². The summed E-state index contributed by atoms with van der Waals surface area (Å²) in [6.07, 6.45) is -5.05. The van der Waals surface area contributed by atoms with Crippen LogP contribution in [0.5, 0.6) is 0 Å². The Morgan fingerprint density at radius 3 is 2.10 bits per heavy atom. The van der Waals surface area contributed by atoms with E-state index in [0.29, 0.717) is 61.6 Å². The first-order valence-corrected chi connectivity index (χ1v) is 23.7. The molecule has 5 aliphatic rings. The fraction of sp³-hybridized carbons (Fsp3) is 0.491. The molecule has 3 aromatic carbocycles. The minimum Gasteiger partial charge on any atom is -0.455 e. The molecule has 8 rings (SSSR count). The molecule has 368 valence electrons. The van der Waals surface area contributed by atoms with E-state index in [1.807, 2.05) is 4.90 Å². The third-order valence-electron chi connectivity index (χ3n) is 15.2. The summed E-state index contributed by atoms with van der Waals surface area (Å²) in [6, 6.07) is 24.0. The molecule has 1 amide bonds. The van der Waals surface area contributed by atoms with Crippen molar-refractivity contribution in [2.75, 3.05) is 65.7 Å². The lowest BCUT2D eigenvalue weighted by Crippen LogP contribution is -2.72. The number of amides is 1. The number of aliphatic hydroxyl groups excluding tert-OH is 2. The van der Waals surface area contributed by atoms with Gasteiger partial charge >= 0.3 is 17.9 Å². The maximum atomic E-state index is 15.2. The van der Waals surface area contributed by atoms with Gasteiger partial charge in [0.1, 0.15) is 29.6 Å². The summed E-state index contributed by atoms with van der Waals surface area (Å²) in [5.74, 6) is -3.83. The summed E-state index contributed by atoms with van der Waals surface area (Å²) >= 11 is 0. The minimum atomic E-state index is -2.07. The molecule has 9 atom stereocenters. The summed E-state index contributed by atoms with van der Waals surface area (Å²) in [7, 11) is 0. The van der Waals surface area contributed by atoms with Crippen molar-refractivity contribution in [2.24, 2.45) is 16.7 Å². The number of nitrogens with one attached hydrogen (secondary N) is 1. The second-order valence-corrected chi connectivity index (χ2v) is 19.5. The monoisotopic (exact) mass is 949 g/mol. The van der Waals surface area contributed by atoms with Crippen molar-refractivity contribution in [3.05, 3.63) is 131 Å². The van der Waals surface area contributed by atoms with E-state index >= 15 is 4.79 Å². The predicted molar refractivity (Wildman–Crippen MR) is 250 cm³/mol. The molecule has 2 unspecified atom stereocenters. The molecule has 2 bridgehead atoms. The van der Waals surface area contributed by atoms with Gasteiger partial charge in [-0.1, -0.05) is 80.6 Å². The molecule has 4 N–H and O–H groups in total. The van der Waals surface area contributed by atoms with E-state index < -0.39 is 88.5 Å². The van der Waals surface area contributed by atoms with Crippen molar-refractivity contribution < 1.29 is 63.0 Å². The van der Waals surface area contributed by atoms with E-state index in [1.165, 1.54) is 6.42 Å². The molecule has 69 heavy (non-hydrogen) atoms. The average Bonchev–Trinajstić information content (AvgIpc) is 3.34. The highest BCUT2D eigenvalue weighted by Gasteiger charge is 2.71. The number of fused-ring (bicyclic) bond motifs is 5. The predicted octanol–water partition coefficient (Wildman–Crippen LogP) is 3.46. The SMILES string of the molecule is CC1=C2[CH]C(=O)[C@@]3(C)C([C]4CO[C@@H]4C[C@@H]3O)C(OC(=O)c3ccccc3)[C@](O)(C[C@@H]1OC(=O)[C@H](OC(=O)CN1CCN(CCOCCO)CC1)[C@@H](NC(=O)c1ccccc1)c1ccccc1)C2(C)C. The quantitative estimate of drug-likeness (QED) is 0.0921. The normalized spacial score (nSPS) is 28.9. The molecule has 2 aliphatic heterocycles. The number of Topliss-reactive ketones (excluding diaryl/α,β-unsaturated/α-hetero) is 1. The van der Waals surface area contributed by atoms with E-state index in [2.05, 4.69) is 10.2 Å². The lowest BCUT2D eigenvalue weighted by Gasteiger charge is -2.63. The molecule has 0 aromatic heterocycles. The van der Waals surface area contributed by atoms with Crippen LogP contribution in [-0.4, -0.2) is 157 Å². The molecule has 2 saturated heterocycles. The van der Waals surface area contributed by atoms with E-state index in [1.54, 1.807) is 119 Å². The molecule has 3 aromatic rings. The molecule has 16 heteroatoms. The van der Waals surface area contributed by atoms with Gasteiger partial charge in [0.25, 0.3) is 5.91 Å². The van der Waals surface area contributed by atoms with Crippen LogP contribution in [0.3, 0.4) is 0 Å². The van der Waals surface area contributed by atoms with Gasteiger partial charge in [0.2, 0.25) is 6.10 Å². The molecular weight excluding hydrogens is 887 g/mol. The van der Waals surface area contributed by atoms with Crippen LogP contribution in [-0.2, 0) is 38.1 Å². The molecule has 3 aliphatic carbocycles. The lowest BCUT2D eigenvalue weighted by molar-refractivity contribution is -0.231. The van der Waals surface area contributed by atoms with Gasteiger partial charge in [-0.05, 0) is 54.8 Å². The fourth-order valence-electron chi connectivity index (χ4n) is 10.8. The van der Waals surface area contributed by atoms with Gasteiger partial charge in [0, 0.05) is 68.4 Å². The standard InChI is InChI=1S/C53H63N3O13/c1-33-38-28-41(58)52(4)42(59)29-39-37(32-66-39)44(52)47(69-49(62)36-18-12-7-13-19-36)53(64,51(38,2)3)30-40(33)67-50(63)46(68-43(60)31-56-22-20-55(21-23-56)24-26-65-27-25-57)45(34-14-8-5-9-15-34)54-48(61)35-16-10-6-11-17-35/h5-19,28,39-40,42,44-47,57,59,64H,20-27,29-32H2,1-4H3,(H,54,61)/t39-,40+,42+,44?,45+,46-,47?,52-,53-/m1/s1. The van der Waals surface area contributed by atoms with Crippen molar-refractivity contribution in [3.63, 3.8) is 0 Å². The van der Waals surface area contributed by atoms with Crippen LogP contribution in [0.15, 0.2) is 102 Å². The fourth-order valence-corrected chi connectivity index (χ4v) is 10.8. The maximum absolute atomic E-state index is 15.2. The van der Waals surface area contributed by atoms with Crippen LogP contribution < -0.4 is 5.32 Å². The van der Waals surface area contributed by atoms with Crippen molar-refractivity contribution in [1.29, 1.82) is 0 Å². The zero-order valence-corrected chi connectivity index (χ0v) is 39.6. The number of carbonyl (C=O) groups is 5. The molecule has 2 radical (unpaired) electrons. The highest BCUT2D eigenvalue weighted by Crippen LogP contribution is 2.62. The highest BCUT2D eigenvalue weighted by atomic mass is 16.6. The van der Waals surface area contributed by atoms with Gasteiger partial charge in [-0.3, -0.25) is 24.2 Å². The minimum absolute atomic E-state index is 0.0574. The van der Waals surface area contributed by atoms with Crippen LogP contribution in [0, 0.1) is 29.1 Å². The Kier molecular flexibility index (Phi) is 15.2. The molecule has 16 nitrogen and oxygen atoms in total. The third kappa shape index (κ3) is 10.0. The topological polar surface area (TPSA) is 211 Å². The number of aliphatic hydroxyl groups is 3. The van der Waals surface area contributed by atoms with Crippen molar-refractivity contribution in [3.8, 4) is 0 Å². The average molecular weight is 950 g/mol. The van der Waals surface area contributed by atoms with Gasteiger partial charge < -0.3 is 44.3 Å². The van der Waals surface area contributed by atoms with E-state index in [0.717, 1.165) is 5.92 Å². The Morgan fingerprint density at radius 1 is 0.855 bits per heavy atom. The molecular formula is C53H63N3O13. The van der Waals surface area contributed by atoms with Crippen molar-refractivity contribution in [1.82, 2.24) is 15.1 Å². The number of piperazine rings is 1. The Balaban J connectivity index is 1.14. The lowest BCUT2D eigenvalue weighted by atomic mass is 9.46. The summed E-state index contributed by atoms with van der Waals surface area (Å²) in [4.78, 5) is 76.4. The number of ketones is 1. The largest absolute Gasteiger partial charge is 0.455 e. The first kappa shape index (κ1) is 50.1. The van der Waals surface area contributed by atoms with E-state index in [9.17, 15) is 29.4 Å². The van der Waals surface area contributed by atoms with Crippen LogP contribution >= 0.6 is 0 Å². The smallest absolute Gasteiger partial charge is 0.350 e. The number of carbonyl (C=O) groups excluding carboxylic acids is 5. The number of rotatable bonds is 16. The van der Waals surface area contributed by atoms with Gasteiger partial charge in [-0.15, -0.1) is 0 Å². The van der Waals surface area contributed by atoms with Crippen LogP contribution in [0.4, 0.5) is 0 Å². The zero-order chi connectivity index (χ0) is 49.1. The number of esters is 3. The van der Waals surface area contributed by atoms with Gasteiger partial charge in [0.15, 0.2) is 0 Å². The molecule has 4 fully saturated rings. The first-order chi connectivity index (χ1) is 33.1. The zero-order valence-electron chi connectivity index (χ0n) is 39.6. The summed E-state index contributed by atoms with van der Waals surface area (Å²) < 4.78 is 30.3. The second kappa shape index (κ2) is 20.9. The van der Waals surface area contributed by atoms with Gasteiger partial charge in [-0.25, -0.2) is 9.59 Å². The summed E-state index contributed by atoms with van der Waals surface area (Å²) in [5, 5.41) is 37.4. The van der Waals surface area contributed by atoms with Crippen LogP contribution in [0.1, 0.15) is 72.9 Å². The number of hydrogen-bond donors (Lipinski definition) is 4. The summed E-state index contributed by atoms with van der Waals surface area (Å²) in [5.41, 5.74) is -3.25. The Morgan fingerprint density at radius 2 is 1.48 bits per heavy atom. The maximum Gasteiger partial charge on any atom is 0.350 e. The number of benzene rings is 3. The van der Waals surface area contributed by atoms with Crippen LogP contribution in [0.2, 0.25) is 0 Å². The van der Waals surface area contributed by atoms with Crippen LogP contribution in [0.25, 0.3) is 0 Å². The summed E-state index contributed by atoms with van der Waals surface area (Å²) in [6.45, 7) is 10.4. The number of ether oxygens (including phenoxy) is 5. The van der Waals surface area contributed by atoms with Crippen molar-refractivity contribution >= 4 is 29.6 Å². The van der Waals surface area contributed by atoms with E-state index in [4.69, 9.17) is 28.8 Å². The van der Waals surface area contributed by atoms with Gasteiger partial charge in [0.05, 0.1) is 62.6 Å². The molecule has 2 saturated carbocycles. The number of hydrogen-bond acceptors (Lipinski definition) is 15. The highest BCUT2D eigenvalue weighted by molar-refractivity contribution is 5.98. The number of nitrogens with zero attached hydrogens (tertiary/aromatic N) is 2. The Hall–Kier alpha value is -5.33. The Labute approximate surface area is 402 Å². The Bertz CT molecular complexity index is 2360. The van der Waals surface area contributed by atoms with E-state index in [-0.39, 0.29) is 44.8 Å². The van der Waals surface area contributed by atoms with Gasteiger partial charge in [-0.2, -0.15) is 0 Å². The molecule has 2 heterocycles. The second-order valence-electron chi connectivity index (χ2n) is 19.5.